The lowest BCUT2D eigenvalue weighted by molar-refractivity contribution is -0.137. The van der Waals surface area contributed by atoms with Crippen LogP contribution in [-0.2, 0) is 9.53 Å². The lowest BCUT2D eigenvalue weighted by atomic mass is 9.90. The van der Waals surface area contributed by atoms with Crippen molar-refractivity contribution in [1.29, 1.82) is 0 Å². The van der Waals surface area contributed by atoms with E-state index in [0.717, 1.165) is 32.1 Å². The summed E-state index contributed by atoms with van der Waals surface area (Å²) in [5.74, 6) is -0.252. The van der Waals surface area contributed by atoms with Crippen molar-refractivity contribution in [2.75, 3.05) is 12.9 Å². The molecule has 150 valence electrons. The lowest BCUT2D eigenvalue weighted by Gasteiger charge is -2.18. The Bertz CT molecular complexity index is 849. The normalized spacial score (nSPS) is 12.4. The van der Waals surface area contributed by atoms with E-state index in [2.05, 4.69) is 63.4 Å². The molecule has 3 heteroatoms. The number of hydrogen-bond acceptors (Lipinski definition) is 3. The molecule has 2 nitrogen and oxygen atoms in total. The first kappa shape index (κ1) is 22.3. The number of allylic oxidation sites excluding steroid dienone is 3. The third-order valence-electron chi connectivity index (χ3n) is 4.84. The minimum absolute atomic E-state index is 0.252. The molecule has 0 radical (unpaired) electrons. The fourth-order valence-corrected chi connectivity index (χ4v) is 4.04. The van der Waals surface area contributed by atoms with Gasteiger partial charge in [-0.1, -0.05) is 70.0 Å². The number of thioether (sulfide) groups is 1. The average Bonchev–Trinajstić information content (AvgIpc) is 2.72. The highest BCUT2D eigenvalue weighted by Crippen LogP contribution is 2.38. The summed E-state index contributed by atoms with van der Waals surface area (Å²) in [6, 6.07) is 13.0. The molecule has 0 N–H and O–H groups in total. The van der Waals surface area contributed by atoms with Crippen LogP contribution in [0.15, 0.2) is 59.0 Å². The summed E-state index contributed by atoms with van der Waals surface area (Å²) in [5.41, 5.74) is 3.86. The van der Waals surface area contributed by atoms with Crippen molar-refractivity contribution >= 4 is 34.1 Å². The van der Waals surface area contributed by atoms with E-state index in [-0.39, 0.29) is 5.97 Å². The predicted molar refractivity (Wildman–Crippen MR) is 123 cm³/mol. The first-order valence-corrected chi connectivity index (χ1v) is 11.5. The molecule has 0 atom stereocenters. The Hall–Kier alpha value is -2.00. The second-order valence-electron chi connectivity index (χ2n) is 6.83. The zero-order chi connectivity index (χ0) is 20.4. The van der Waals surface area contributed by atoms with E-state index in [1.54, 1.807) is 17.8 Å². The number of carbonyl (C=O) groups excluding carboxylic acids is 1. The summed E-state index contributed by atoms with van der Waals surface area (Å²) in [5, 5.41) is 2.53. The van der Waals surface area contributed by atoms with Gasteiger partial charge in [0, 0.05) is 11.0 Å². The van der Waals surface area contributed by atoms with Crippen molar-refractivity contribution in [3.63, 3.8) is 0 Å². The highest BCUT2D eigenvalue weighted by molar-refractivity contribution is 7.98. The summed E-state index contributed by atoms with van der Waals surface area (Å²) in [6.45, 7) is 6.94. The van der Waals surface area contributed by atoms with Gasteiger partial charge >= 0.3 is 5.97 Å². The average molecular weight is 397 g/mol. The predicted octanol–water partition coefficient (Wildman–Crippen LogP) is 7.42. The second kappa shape index (κ2) is 11.8. The van der Waals surface area contributed by atoms with Gasteiger partial charge in [0.2, 0.25) is 0 Å². The van der Waals surface area contributed by atoms with Gasteiger partial charge < -0.3 is 4.74 Å². The van der Waals surface area contributed by atoms with Gasteiger partial charge in [-0.25, -0.2) is 4.79 Å². The van der Waals surface area contributed by atoms with Crippen LogP contribution < -0.4 is 0 Å². The van der Waals surface area contributed by atoms with Crippen LogP contribution in [0.4, 0.5) is 0 Å². The number of unbranched alkanes of at least 4 members (excludes halogenated alkanes) is 1. The molecule has 0 spiro atoms. The van der Waals surface area contributed by atoms with Gasteiger partial charge in [-0.3, -0.25) is 0 Å². The van der Waals surface area contributed by atoms with Crippen LogP contribution in [0, 0.1) is 0 Å². The van der Waals surface area contributed by atoms with Crippen molar-refractivity contribution in [3.8, 4) is 0 Å². The summed E-state index contributed by atoms with van der Waals surface area (Å²) < 4.78 is 5.29. The molecule has 0 aliphatic rings. The maximum Gasteiger partial charge on any atom is 0.330 e. The molecule has 0 aromatic heterocycles. The van der Waals surface area contributed by atoms with E-state index in [1.807, 2.05) is 6.08 Å². The number of fused-ring (bicyclic) bond motifs is 1. The molecule has 0 fully saturated rings. The van der Waals surface area contributed by atoms with E-state index in [4.69, 9.17) is 4.74 Å². The van der Waals surface area contributed by atoms with Gasteiger partial charge in [0.15, 0.2) is 0 Å². The van der Waals surface area contributed by atoms with Crippen molar-refractivity contribution in [2.45, 2.75) is 57.8 Å². The van der Waals surface area contributed by atoms with Crippen LogP contribution in [0.1, 0.15) is 58.4 Å². The van der Waals surface area contributed by atoms with Crippen LogP contribution in [0.2, 0.25) is 0 Å². The number of esters is 1. The van der Waals surface area contributed by atoms with Gasteiger partial charge in [0.05, 0.1) is 6.61 Å². The van der Waals surface area contributed by atoms with Crippen molar-refractivity contribution in [2.24, 2.45) is 0 Å². The maximum atomic E-state index is 12.1. The Labute approximate surface area is 174 Å². The zero-order valence-electron chi connectivity index (χ0n) is 17.6. The first-order valence-electron chi connectivity index (χ1n) is 10.3. The monoisotopic (exact) mass is 396 g/mol. The standard InChI is InChI=1S/C25H32O2S/c1-5-8-18-27-24(26)17-15-19(7-3)21(11-6-2)25-22-13-10-9-12-20(22)14-16-23(25)28-4/h9-10,12-17H,5-8,11,18H2,1-4H3/b17-15+,21-19-. The van der Waals surface area contributed by atoms with E-state index in [1.165, 1.54) is 32.4 Å². The molecule has 28 heavy (non-hydrogen) atoms. The first-order chi connectivity index (χ1) is 13.7. The highest BCUT2D eigenvalue weighted by Gasteiger charge is 2.14. The summed E-state index contributed by atoms with van der Waals surface area (Å²) in [7, 11) is 0. The van der Waals surface area contributed by atoms with Gasteiger partial charge in [0.1, 0.15) is 0 Å². The molecule has 0 saturated heterocycles. The van der Waals surface area contributed by atoms with Crippen LogP contribution in [0.5, 0.6) is 0 Å². The maximum absolute atomic E-state index is 12.1. The number of hydrogen-bond donors (Lipinski definition) is 0. The lowest BCUT2D eigenvalue weighted by Crippen LogP contribution is -2.02. The fourth-order valence-electron chi connectivity index (χ4n) is 3.39. The number of benzene rings is 2. The third-order valence-corrected chi connectivity index (χ3v) is 5.62. The molecule has 2 aromatic carbocycles. The molecule has 0 saturated carbocycles. The quantitative estimate of drug-likeness (QED) is 0.137. The van der Waals surface area contributed by atoms with Crippen molar-refractivity contribution in [3.05, 3.63) is 59.7 Å². The molecule has 2 aromatic rings. The Morgan fingerprint density at radius 1 is 1.04 bits per heavy atom. The van der Waals surface area contributed by atoms with Gasteiger partial charge in [-0.15, -0.1) is 11.8 Å². The molecule has 2 rings (SSSR count). The van der Waals surface area contributed by atoms with E-state index >= 15 is 0 Å². The zero-order valence-corrected chi connectivity index (χ0v) is 18.4. The van der Waals surface area contributed by atoms with Crippen LogP contribution in [-0.4, -0.2) is 18.8 Å². The van der Waals surface area contributed by atoms with Crippen LogP contribution >= 0.6 is 11.8 Å². The Morgan fingerprint density at radius 3 is 2.50 bits per heavy atom. The second-order valence-corrected chi connectivity index (χ2v) is 7.67. The topological polar surface area (TPSA) is 26.3 Å². The third kappa shape index (κ3) is 5.75. The number of rotatable bonds is 10. The highest BCUT2D eigenvalue weighted by atomic mass is 32.2. The molecular formula is C25H32O2S. The van der Waals surface area contributed by atoms with E-state index in [9.17, 15) is 4.79 Å². The van der Waals surface area contributed by atoms with E-state index < -0.39 is 0 Å². The molecule has 0 unspecified atom stereocenters. The summed E-state index contributed by atoms with van der Waals surface area (Å²) in [4.78, 5) is 13.3. The smallest absolute Gasteiger partial charge is 0.330 e. The SMILES string of the molecule is CCCCOC(=O)/C=C/C(CC)=C(/CCC)c1c(SC)ccc2ccccc12. The summed E-state index contributed by atoms with van der Waals surface area (Å²) >= 11 is 1.78. The number of carbonyl (C=O) groups is 1. The van der Waals surface area contributed by atoms with Crippen molar-refractivity contribution < 1.29 is 9.53 Å². The Morgan fingerprint density at radius 2 is 1.82 bits per heavy atom. The molecule has 0 heterocycles. The largest absolute Gasteiger partial charge is 0.463 e. The summed E-state index contributed by atoms with van der Waals surface area (Å²) in [6.07, 6.45) is 10.5. The van der Waals surface area contributed by atoms with E-state index in [0.29, 0.717) is 6.61 Å². The Balaban J connectivity index is 2.52. The molecule has 0 aliphatic carbocycles. The molecule has 0 aliphatic heterocycles. The van der Waals surface area contributed by atoms with Gasteiger partial charge in [-0.2, -0.15) is 0 Å². The van der Waals surface area contributed by atoms with Gasteiger partial charge in [0.25, 0.3) is 0 Å². The number of ether oxygens (including phenoxy) is 1. The minimum Gasteiger partial charge on any atom is -0.463 e. The van der Waals surface area contributed by atoms with Gasteiger partial charge in [-0.05, 0) is 59.1 Å². The Kier molecular flexibility index (Phi) is 9.36. The van der Waals surface area contributed by atoms with Crippen molar-refractivity contribution in [1.82, 2.24) is 0 Å². The molecule has 0 amide bonds. The minimum atomic E-state index is -0.252. The van der Waals surface area contributed by atoms with Crippen LogP contribution in [0.3, 0.4) is 0 Å². The molecular weight excluding hydrogens is 364 g/mol. The molecule has 0 bridgehead atoms. The van der Waals surface area contributed by atoms with Crippen LogP contribution in [0.25, 0.3) is 16.3 Å². The fraction of sp³-hybridized carbons (Fsp3) is 0.400.